The maximum Gasteiger partial charge on any atom is 0.221 e. The Balaban J connectivity index is 1.56. The maximum atomic E-state index is 11.3. The van der Waals surface area contributed by atoms with Crippen molar-refractivity contribution in [1.29, 1.82) is 0 Å². The summed E-state index contributed by atoms with van der Waals surface area (Å²) in [6.45, 7) is 4.11. The molecule has 1 heterocycles. The number of carbonyl (C=O) groups is 1. The van der Waals surface area contributed by atoms with Gasteiger partial charge in [-0.3, -0.25) is 4.79 Å². The number of ether oxygens (including phenoxy) is 1. The van der Waals surface area contributed by atoms with Crippen LogP contribution in [0.2, 0.25) is 0 Å². The molecule has 3 rings (SSSR count). The zero-order chi connectivity index (χ0) is 17.2. The number of anilines is 1. The highest BCUT2D eigenvalue weighted by molar-refractivity contribution is 6.01. The van der Waals surface area contributed by atoms with Crippen LogP contribution in [0.3, 0.4) is 0 Å². The van der Waals surface area contributed by atoms with E-state index < -0.39 is 5.60 Å². The number of hydrogen-bond donors (Lipinski definition) is 3. The summed E-state index contributed by atoms with van der Waals surface area (Å²) in [6.07, 6.45) is 6.71. The van der Waals surface area contributed by atoms with Crippen molar-refractivity contribution in [1.82, 2.24) is 4.98 Å². The highest BCUT2D eigenvalue weighted by Gasteiger charge is 2.28. The fourth-order valence-electron chi connectivity index (χ4n) is 3.41. The van der Waals surface area contributed by atoms with Gasteiger partial charge in [0, 0.05) is 24.0 Å². The van der Waals surface area contributed by atoms with E-state index in [1.807, 2.05) is 25.1 Å². The highest BCUT2D eigenvalue weighted by Crippen LogP contribution is 2.33. The number of aromatic amines is 1. The van der Waals surface area contributed by atoms with Crippen LogP contribution in [0.25, 0.3) is 10.9 Å². The lowest BCUT2D eigenvalue weighted by atomic mass is 9.79. The SMILES string of the molecule is CC(=O)Nc1c[nH]c2ccc(OCC[C@H]3CC[C@@](C)(O)CC3)cc12. The molecule has 1 aliphatic carbocycles. The summed E-state index contributed by atoms with van der Waals surface area (Å²) in [4.78, 5) is 14.4. The van der Waals surface area contributed by atoms with Crippen molar-refractivity contribution in [2.75, 3.05) is 11.9 Å². The molecule has 1 aromatic carbocycles. The van der Waals surface area contributed by atoms with Crippen molar-refractivity contribution in [3.8, 4) is 5.75 Å². The van der Waals surface area contributed by atoms with Crippen LogP contribution < -0.4 is 10.1 Å². The second-order valence-corrected chi connectivity index (χ2v) is 7.17. The second-order valence-electron chi connectivity index (χ2n) is 7.17. The van der Waals surface area contributed by atoms with Gasteiger partial charge in [-0.15, -0.1) is 0 Å². The molecule has 0 atom stereocenters. The van der Waals surface area contributed by atoms with Gasteiger partial charge >= 0.3 is 0 Å². The van der Waals surface area contributed by atoms with Crippen molar-refractivity contribution in [3.05, 3.63) is 24.4 Å². The van der Waals surface area contributed by atoms with Crippen LogP contribution in [0.4, 0.5) is 5.69 Å². The average Bonchev–Trinajstić information content (AvgIpc) is 2.91. The third-order valence-corrected chi connectivity index (χ3v) is 4.94. The standard InChI is InChI=1S/C19H26N2O3/c1-13(22)21-18-12-20-17-4-3-15(11-16(17)18)24-10-7-14-5-8-19(2,23)9-6-14/h3-4,11-12,14,20,23H,5-10H2,1-2H3,(H,21,22)/t14-,19+. The number of aliphatic hydroxyl groups is 1. The monoisotopic (exact) mass is 330 g/mol. The Morgan fingerprint density at radius 1 is 1.42 bits per heavy atom. The first kappa shape index (κ1) is 16.8. The number of rotatable bonds is 5. The molecule has 24 heavy (non-hydrogen) atoms. The Morgan fingerprint density at radius 2 is 2.17 bits per heavy atom. The number of hydrogen-bond acceptors (Lipinski definition) is 3. The molecular formula is C19H26N2O3. The van der Waals surface area contributed by atoms with Gasteiger partial charge in [0.15, 0.2) is 0 Å². The van der Waals surface area contributed by atoms with E-state index in [9.17, 15) is 9.90 Å². The summed E-state index contributed by atoms with van der Waals surface area (Å²) in [5.41, 5.74) is 1.27. The molecule has 0 aliphatic heterocycles. The molecule has 5 heteroatoms. The number of aromatic nitrogens is 1. The molecule has 1 aliphatic rings. The van der Waals surface area contributed by atoms with Crippen LogP contribution in [0.15, 0.2) is 24.4 Å². The molecule has 0 bridgehead atoms. The van der Waals surface area contributed by atoms with E-state index in [-0.39, 0.29) is 5.91 Å². The summed E-state index contributed by atoms with van der Waals surface area (Å²) in [5.74, 6) is 1.36. The van der Waals surface area contributed by atoms with E-state index in [0.717, 1.165) is 54.4 Å². The van der Waals surface area contributed by atoms with Gasteiger partial charge in [0.25, 0.3) is 0 Å². The number of nitrogens with one attached hydrogen (secondary N) is 2. The van der Waals surface area contributed by atoms with Gasteiger partial charge in [-0.25, -0.2) is 0 Å². The van der Waals surface area contributed by atoms with Gasteiger partial charge in [-0.2, -0.15) is 0 Å². The Bertz CT molecular complexity index is 710. The number of fused-ring (bicyclic) bond motifs is 1. The van der Waals surface area contributed by atoms with Gasteiger partial charge in [-0.1, -0.05) is 0 Å². The first-order chi connectivity index (χ1) is 11.4. The Kier molecular flexibility index (Phi) is 4.81. The van der Waals surface area contributed by atoms with Gasteiger partial charge in [-0.05, 0) is 63.1 Å². The average molecular weight is 330 g/mol. The van der Waals surface area contributed by atoms with Crippen molar-refractivity contribution in [2.24, 2.45) is 5.92 Å². The molecular weight excluding hydrogens is 304 g/mol. The van der Waals surface area contributed by atoms with Gasteiger partial charge in [0.05, 0.1) is 17.9 Å². The third-order valence-electron chi connectivity index (χ3n) is 4.94. The molecule has 0 unspecified atom stereocenters. The maximum absolute atomic E-state index is 11.3. The van der Waals surface area contributed by atoms with Gasteiger partial charge in [0.2, 0.25) is 5.91 Å². The highest BCUT2D eigenvalue weighted by atomic mass is 16.5. The van der Waals surface area contributed by atoms with Gasteiger partial charge in [0.1, 0.15) is 5.75 Å². The smallest absolute Gasteiger partial charge is 0.221 e. The van der Waals surface area contributed by atoms with E-state index >= 15 is 0 Å². The van der Waals surface area contributed by atoms with Crippen molar-refractivity contribution in [3.63, 3.8) is 0 Å². The molecule has 130 valence electrons. The minimum atomic E-state index is -0.475. The molecule has 1 fully saturated rings. The fourth-order valence-corrected chi connectivity index (χ4v) is 3.41. The van der Waals surface area contributed by atoms with E-state index in [1.54, 1.807) is 6.20 Å². The second kappa shape index (κ2) is 6.85. The van der Waals surface area contributed by atoms with Crippen LogP contribution in [-0.2, 0) is 4.79 Å². The molecule has 0 saturated heterocycles. The fraction of sp³-hybridized carbons (Fsp3) is 0.526. The van der Waals surface area contributed by atoms with E-state index in [2.05, 4.69) is 10.3 Å². The Labute approximate surface area is 142 Å². The third kappa shape index (κ3) is 4.09. The molecule has 5 nitrogen and oxygen atoms in total. The number of benzene rings is 1. The summed E-state index contributed by atoms with van der Waals surface area (Å²) in [5, 5.41) is 13.8. The van der Waals surface area contributed by atoms with E-state index in [0.29, 0.717) is 12.5 Å². The van der Waals surface area contributed by atoms with Crippen molar-refractivity contribution >= 4 is 22.5 Å². The van der Waals surface area contributed by atoms with E-state index in [4.69, 9.17) is 4.74 Å². The zero-order valence-corrected chi connectivity index (χ0v) is 14.4. The summed E-state index contributed by atoms with van der Waals surface area (Å²) < 4.78 is 5.91. The first-order valence-corrected chi connectivity index (χ1v) is 8.67. The lowest BCUT2D eigenvalue weighted by molar-refractivity contribution is -0.114. The minimum Gasteiger partial charge on any atom is -0.494 e. The van der Waals surface area contributed by atoms with Crippen LogP contribution in [0, 0.1) is 5.92 Å². The van der Waals surface area contributed by atoms with Crippen LogP contribution in [0.1, 0.15) is 46.0 Å². The summed E-state index contributed by atoms with van der Waals surface area (Å²) in [7, 11) is 0. The lowest BCUT2D eigenvalue weighted by Crippen LogP contribution is -2.30. The van der Waals surface area contributed by atoms with Gasteiger partial charge < -0.3 is 20.1 Å². The molecule has 0 spiro atoms. The number of amides is 1. The molecule has 1 saturated carbocycles. The normalized spacial score (nSPS) is 24.0. The van der Waals surface area contributed by atoms with Crippen molar-refractivity contribution < 1.29 is 14.6 Å². The summed E-state index contributed by atoms with van der Waals surface area (Å²) >= 11 is 0. The molecule has 1 aromatic heterocycles. The predicted molar refractivity (Wildman–Crippen MR) is 95.3 cm³/mol. The van der Waals surface area contributed by atoms with Crippen molar-refractivity contribution in [2.45, 2.75) is 51.6 Å². The van der Waals surface area contributed by atoms with Crippen LogP contribution in [0.5, 0.6) is 5.75 Å². The molecule has 3 N–H and O–H groups in total. The molecule has 2 aromatic rings. The predicted octanol–water partition coefficient (Wildman–Crippen LogP) is 3.84. The number of carbonyl (C=O) groups excluding carboxylic acids is 1. The lowest BCUT2D eigenvalue weighted by Gasteiger charge is -2.33. The molecule has 1 amide bonds. The Morgan fingerprint density at radius 3 is 2.88 bits per heavy atom. The first-order valence-electron chi connectivity index (χ1n) is 8.67. The minimum absolute atomic E-state index is 0.0876. The van der Waals surface area contributed by atoms with Crippen LogP contribution >= 0.6 is 0 Å². The van der Waals surface area contributed by atoms with E-state index in [1.165, 1.54) is 6.92 Å². The largest absolute Gasteiger partial charge is 0.494 e. The number of H-pyrrole nitrogens is 1. The summed E-state index contributed by atoms with van der Waals surface area (Å²) in [6, 6.07) is 5.87. The Hall–Kier alpha value is -2.01. The topological polar surface area (TPSA) is 74.4 Å². The quantitative estimate of drug-likeness (QED) is 0.780. The molecule has 0 radical (unpaired) electrons. The zero-order valence-electron chi connectivity index (χ0n) is 14.4. The van der Waals surface area contributed by atoms with Crippen LogP contribution in [-0.4, -0.2) is 28.2 Å².